The molecule has 2 heterocycles. The number of carbonyl (C=O) groups is 2. The molecule has 5 rings (SSSR count). The molecule has 2 amide bonds. The first-order chi connectivity index (χ1) is 18.7. The van der Waals surface area contributed by atoms with Crippen LogP contribution in [0.15, 0.2) is 66.7 Å². The number of carbonyl (C=O) groups excluding carboxylic acids is 2. The van der Waals surface area contributed by atoms with Gasteiger partial charge in [0.25, 0.3) is 11.8 Å². The summed E-state index contributed by atoms with van der Waals surface area (Å²) in [4.78, 5) is 31.4. The van der Waals surface area contributed by atoms with Crippen LogP contribution in [0.3, 0.4) is 0 Å². The second-order valence-electron chi connectivity index (χ2n) is 11.3. The van der Waals surface area contributed by atoms with Gasteiger partial charge >= 0.3 is 0 Å². The quantitative estimate of drug-likeness (QED) is 0.263. The minimum Gasteiger partial charge on any atom is -0.493 e. The van der Waals surface area contributed by atoms with Crippen molar-refractivity contribution in [3.8, 4) is 11.5 Å². The highest BCUT2D eigenvalue weighted by atomic mass is 28.3. The molecule has 0 spiro atoms. The molecule has 0 aliphatic carbocycles. The molecule has 204 valence electrons. The lowest BCUT2D eigenvalue weighted by Gasteiger charge is -2.35. The van der Waals surface area contributed by atoms with Crippen LogP contribution in [0.2, 0.25) is 25.7 Å². The van der Waals surface area contributed by atoms with E-state index in [-0.39, 0.29) is 18.5 Å². The molecule has 0 fully saturated rings. The molecule has 0 N–H and O–H groups in total. The van der Waals surface area contributed by atoms with Crippen molar-refractivity contribution in [1.29, 1.82) is 0 Å². The van der Waals surface area contributed by atoms with Gasteiger partial charge in [-0.25, -0.2) is 0 Å². The second-order valence-corrected chi connectivity index (χ2v) is 17.0. The minimum absolute atomic E-state index is 0.0695. The van der Waals surface area contributed by atoms with Gasteiger partial charge in [0.1, 0.15) is 19.4 Å². The maximum atomic E-state index is 14.1. The largest absolute Gasteiger partial charge is 0.493 e. The predicted molar refractivity (Wildman–Crippen MR) is 154 cm³/mol. The molecule has 7 nitrogen and oxygen atoms in total. The monoisotopic (exact) mass is 544 g/mol. The Morgan fingerprint density at radius 3 is 2.36 bits per heavy atom. The Balaban J connectivity index is 1.52. The van der Waals surface area contributed by atoms with Crippen molar-refractivity contribution in [2.45, 2.75) is 51.3 Å². The molecule has 3 aromatic rings. The zero-order chi connectivity index (χ0) is 27.6. The normalized spacial score (nSPS) is 16.8. The van der Waals surface area contributed by atoms with Crippen LogP contribution in [0, 0.1) is 0 Å². The SMILES string of the molecule is COc1cc2c(cc1OCc1ccccc1)N(COCC[Si](C)(C)C)C(=O)C1Cc3ccccc3CN1C2=O. The van der Waals surface area contributed by atoms with E-state index < -0.39 is 14.1 Å². The Bertz CT molecular complexity index is 1350. The minimum atomic E-state index is -1.31. The number of methoxy groups -OCH3 is 1. The number of ether oxygens (including phenoxy) is 3. The summed E-state index contributed by atoms with van der Waals surface area (Å²) in [5.74, 6) is 0.566. The molecule has 39 heavy (non-hydrogen) atoms. The van der Waals surface area contributed by atoms with Crippen molar-refractivity contribution in [2.75, 3.05) is 25.3 Å². The van der Waals surface area contributed by atoms with E-state index in [1.54, 1.807) is 29.0 Å². The van der Waals surface area contributed by atoms with E-state index in [0.29, 0.717) is 48.9 Å². The van der Waals surface area contributed by atoms with E-state index in [4.69, 9.17) is 14.2 Å². The molecule has 0 saturated heterocycles. The van der Waals surface area contributed by atoms with Gasteiger partial charge in [-0.05, 0) is 28.8 Å². The topological polar surface area (TPSA) is 68.3 Å². The van der Waals surface area contributed by atoms with E-state index in [2.05, 4.69) is 19.6 Å². The molecule has 8 heteroatoms. The lowest BCUT2D eigenvalue weighted by atomic mass is 9.93. The Kier molecular flexibility index (Phi) is 7.77. The van der Waals surface area contributed by atoms with Gasteiger partial charge in [0, 0.05) is 33.7 Å². The average Bonchev–Trinajstić information content (AvgIpc) is 3.01. The van der Waals surface area contributed by atoms with Crippen molar-refractivity contribution >= 4 is 25.6 Å². The Hall–Kier alpha value is -3.62. The lowest BCUT2D eigenvalue weighted by molar-refractivity contribution is -0.124. The van der Waals surface area contributed by atoms with Gasteiger partial charge in [-0.1, -0.05) is 74.2 Å². The first-order valence-corrected chi connectivity index (χ1v) is 17.1. The van der Waals surface area contributed by atoms with Crippen LogP contribution in [0.4, 0.5) is 5.69 Å². The standard InChI is InChI=1S/C31H36N2O5Si/c1-36-28-17-25-26(18-29(28)38-20-22-10-6-5-7-11-22)33(21-37-14-15-39(2,3)4)31(35)27-16-23-12-8-9-13-24(23)19-32(27)30(25)34/h5-13,17-18,27H,14-16,19-21H2,1-4H3. The van der Waals surface area contributed by atoms with Gasteiger partial charge in [-0.15, -0.1) is 0 Å². The van der Waals surface area contributed by atoms with E-state index in [0.717, 1.165) is 22.7 Å². The number of hydrogen-bond acceptors (Lipinski definition) is 5. The summed E-state index contributed by atoms with van der Waals surface area (Å²) in [6, 6.07) is 21.7. The van der Waals surface area contributed by atoms with Crippen LogP contribution in [0.5, 0.6) is 11.5 Å². The number of rotatable bonds is 9. The molecule has 1 unspecified atom stereocenters. The fraction of sp³-hybridized carbons (Fsp3) is 0.355. The van der Waals surface area contributed by atoms with E-state index in [1.807, 2.05) is 54.6 Å². The van der Waals surface area contributed by atoms with Crippen LogP contribution < -0.4 is 14.4 Å². The van der Waals surface area contributed by atoms with E-state index in [9.17, 15) is 9.59 Å². The molecule has 2 aliphatic heterocycles. The maximum Gasteiger partial charge on any atom is 0.257 e. The molecule has 0 bridgehead atoms. The Labute approximate surface area is 231 Å². The molecule has 3 aromatic carbocycles. The number of nitrogens with zero attached hydrogens (tertiary/aromatic N) is 2. The number of hydrogen-bond donors (Lipinski definition) is 0. The van der Waals surface area contributed by atoms with Crippen LogP contribution in [-0.4, -0.2) is 51.3 Å². The summed E-state index contributed by atoms with van der Waals surface area (Å²) >= 11 is 0. The van der Waals surface area contributed by atoms with Gasteiger partial charge in [-0.2, -0.15) is 0 Å². The fourth-order valence-corrected chi connectivity index (χ4v) is 5.79. The summed E-state index contributed by atoms with van der Waals surface area (Å²) in [7, 11) is 0.243. The van der Waals surface area contributed by atoms with Gasteiger partial charge in [0.15, 0.2) is 11.5 Å². The second kappa shape index (κ2) is 11.2. The lowest BCUT2D eigenvalue weighted by Crippen LogP contribution is -2.51. The van der Waals surface area contributed by atoms with Crippen molar-refractivity contribution < 1.29 is 23.8 Å². The number of anilines is 1. The Morgan fingerprint density at radius 1 is 0.923 bits per heavy atom. The highest BCUT2D eigenvalue weighted by Gasteiger charge is 2.42. The van der Waals surface area contributed by atoms with Crippen molar-refractivity contribution in [2.24, 2.45) is 0 Å². The average molecular weight is 545 g/mol. The van der Waals surface area contributed by atoms with E-state index >= 15 is 0 Å². The van der Waals surface area contributed by atoms with Crippen LogP contribution in [0.25, 0.3) is 0 Å². The molecule has 0 aromatic heterocycles. The smallest absolute Gasteiger partial charge is 0.257 e. The van der Waals surface area contributed by atoms with Gasteiger partial charge in [-0.3, -0.25) is 14.5 Å². The predicted octanol–water partition coefficient (Wildman–Crippen LogP) is 5.50. The third kappa shape index (κ3) is 5.87. The third-order valence-corrected chi connectivity index (χ3v) is 9.02. The number of benzene rings is 3. The van der Waals surface area contributed by atoms with Gasteiger partial charge in [0.05, 0.1) is 18.4 Å². The summed E-state index contributed by atoms with van der Waals surface area (Å²) in [6.45, 7) is 8.22. The first kappa shape index (κ1) is 27.0. The summed E-state index contributed by atoms with van der Waals surface area (Å²) < 4.78 is 17.9. The van der Waals surface area contributed by atoms with E-state index in [1.165, 1.54) is 0 Å². The maximum absolute atomic E-state index is 14.1. The van der Waals surface area contributed by atoms with Gasteiger partial charge in [0.2, 0.25) is 0 Å². The van der Waals surface area contributed by atoms with Crippen molar-refractivity contribution in [3.63, 3.8) is 0 Å². The molecular formula is C31H36N2O5Si. The zero-order valence-electron chi connectivity index (χ0n) is 23.1. The highest BCUT2D eigenvalue weighted by molar-refractivity contribution is 6.76. The number of fused-ring (bicyclic) bond motifs is 3. The molecular weight excluding hydrogens is 508 g/mol. The molecule has 1 atom stereocenters. The van der Waals surface area contributed by atoms with Gasteiger partial charge < -0.3 is 19.1 Å². The fourth-order valence-electron chi connectivity index (χ4n) is 5.03. The summed E-state index contributed by atoms with van der Waals surface area (Å²) in [6.07, 6.45) is 0.467. The molecule has 0 saturated carbocycles. The van der Waals surface area contributed by atoms with Crippen LogP contribution >= 0.6 is 0 Å². The third-order valence-electron chi connectivity index (χ3n) is 7.32. The van der Waals surface area contributed by atoms with Crippen LogP contribution in [-0.2, 0) is 29.1 Å². The first-order valence-electron chi connectivity index (χ1n) is 13.4. The zero-order valence-corrected chi connectivity index (χ0v) is 24.1. The molecule has 2 aliphatic rings. The number of amides is 2. The van der Waals surface area contributed by atoms with Crippen LogP contribution in [0.1, 0.15) is 27.0 Å². The summed E-state index contributed by atoms with van der Waals surface area (Å²) in [5, 5.41) is 0. The molecule has 0 radical (unpaired) electrons. The highest BCUT2D eigenvalue weighted by Crippen LogP contribution is 2.40. The van der Waals surface area contributed by atoms with Crippen molar-refractivity contribution in [1.82, 2.24) is 4.90 Å². The summed E-state index contributed by atoms with van der Waals surface area (Å²) in [5.41, 5.74) is 4.05. The van der Waals surface area contributed by atoms with Crippen molar-refractivity contribution in [3.05, 3.63) is 89.0 Å². The Morgan fingerprint density at radius 2 is 1.64 bits per heavy atom.